The number of benzene rings is 1. The molecule has 0 aliphatic heterocycles. The van der Waals surface area contributed by atoms with E-state index in [1.54, 1.807) is 7.11 Å². The van der Waals surface area contributed by atoms with Gasteiger partial charge in [-0.3, -0.25) is 4.79 Å². The number of Topliss-reactive ketones (excluding diaryl/α,β-unsaturated/α-hetero) is 1. The van der Waals surface area contributed by atoms with E-state index in [4.69, 9.17) is 9.47 Å². The van der Waals surface area contributed by atoms with Gasteiger partial charge in [-0.15, -0.1) is 0 Å². The highest BCUT2D eigenvalue weighted by Crippen LogP contribution is 2.21. The summed E-state index contributed by atoms with van der Waals surface area (Å²) in [5.74, 6) is 0.780. The number of hydrogen-bond acceptors (Lipinski definition) is 3. The van der Waals surface area contributed by atoms with E-state index < -0.39 is 0 Å². The maximum atomic E-state index is 11.7. The topological polar surface area (TPSA) is 35.5 Å². The van der Waals surface area contributed by atoms with Gasteiger partial charge < -0.3 is 9.47 Å². The van der Waals surface area contributed by atoms with E-state index in [9.17, 15) is 4.79 Å². The lowest BCUT2D eigenvalue weighted by molar-refractivity contribution is 0.0977. The zero-order chi connectivity index (χ0) is 12.7. The van der Waals surface area contributed by atoms with Crippen molar-refractivity contribution in [1.29, 1.82) is 0 Å². The van der Waals surface area contributed by atoms with E-state index in [0.717, 1.165) is 6.42 Å². The number of hydrogen-bond donors (Lipinski definition) is 0. The van der Waals surface area contributed by atoms with Crippen LogP contribution in [0.15, 0.2) is 24.3 Å². The van der Waals surface area contributed by atoms with Crippen molar-refractivity contribution in [2.75, 3.05) is 13.7 Å². The molecule has 0 bridgehead atoms. The lowest BCUT2D eigenvalue weighted by atomic mass is 10.1. The molecule has 1 aromatic carbocycles. The van der Waals surface area contributed by atoms with Gasteiger partial charge in [-0.05, 0) is 19.1 Å². The average Bonchev–Trinajstić information content (AvgIpc) is 2.36. The fraction of sp³-hybridized carbons (Fsp3) is 0.500. The summed E-state index contributed by atoms with van der Waals surface area (Å²) in [6.45, 7) is 4.49. The Morgan fingerprint density at radius 3 is 2.71 bits per heavy atom. The van der Waals surface area contributed by atoms with Gasteiger partial charge in [0, 0.05) is 26.6 Å². The molecule has 0 amide bonds. The lowest BCUT2D eigenvalue weighted by Crippen LogP contribution is -2.16. The van der Waals surface area contributed by atoms with Gasteiger partial charge in [-0.1, -0.05) is 19.1 Å². The van der Waals surface area contributed by atoms with E-state index in [2.05, 4.69) is 0 Å². The molecule has 0 aromatic heterocycles. The maximum Gasteiger partial charge on any atom is 0.166 e. The van der Waals surface area contributed by atoms with Crippen molar-refractivity contribution < 1.29 is 14.3 Å². The number of methoxy groups -OCH3 is 1. The van der Waals surface area contributed by atoms with Crippen molar-refractivity contribution in [2.45, 2.75) is 32.8 Å². The summed E-state index contributed by atoms with van der Waals surface area (Å²) in [7, 11) is 1.67. The van der Waals surface area contributed by atoms with Gasteiger partial charge in [0.2, 0.25) is 0 Å². The minimum absolute atomic E-state index is 0.0424. The normalized spacial score (nSPS) is 12.2. The summed E-state index contributed by atoms with van der Waals surface area (Å²) in [5, 5.41) is 0. The summed E-state index contributed by atoms with van der Waals surface area (Å²) in [4.78, 5) is 11.7. The third kappa shape index (κ3) is 4.19. The standard InChI is InChI=1S/C14H20O3/c1-4-13(15)12-7-5-6-8-14(12)17-11(2)9-10-16-3/h5-8,11H,4,9-10H2,1-3H3. The maximum absolute atomic E-state index is 11.7. The highest BCUT2D eigenvalue weighted by atomic mass is 16.5. The number of ether oxygens (including phenoxy) is 2. The van der Waals surface area contributed by atoms with Gasteiger partial charge >= 0.3 is 0 Å². The van der Waals surface area contributed by atoms with Crippen LogP contribution in [0.3, 0.4) is 0 Å². The largest absolute Gasteiger partial charge is 0.490 e. The predicted molar refractivity (Wildman–Crippen MR) is 67.6 cm³/mol. The number of ketones is 1. The second-order valence-corrected chi connectivity index (χ2v) is 3.98. The Hall–Kier alpha value is -1.35. The van der Waals surface area contributed by atoms with Gasteiger partial charge in [-0.2, -0.15) is 0 Å². The Kier molecular flexibility index (Phi) is 5.70. The van der Waals surface area contributed by atoms with Crippen LogP contribution >= 0.6 is 0 Å². The molecule has 3 heteroatoms. The first-order chi connectivity index (χ1) is 8.19. The number of para-hydroxylation sites is 1. The zero-order valence-electron chi connectivity index (χ0n) is 10.7. The van der Waals surface area contributed by atoms with Gasteiger partial charge in [0.05, 0.1) is 11.7 Å². The van der Waals surface area contributed by atoms with Crippen LogP contribution in [0.4, 0.5) is 0 Å². The Bertz CT molecular complexity index is 360. The predicted octanol–water partition coefficient (Wildman–Crippen LogP) is 3.08. The van der Waals surface area contributed by atoms with E-state index in [0.29, 0.717) is 24.3 Å². The van der Waals surface area contributed by atoms with Gasteiger partial charge in [0.15, 0.2) is 5.78 Å². The van der Waals surface area contributed by atoms with Crippen molar-refractivity contribution in [3.8, 4) is 5.75 Å². The molecule has 0 saturated heterocycles. The molecule has 0 N–H and O–H groups in total. The average molecular weight is 236 g/mol. The SMILES string of the molecule is CCC(=O)c1ccccc1OC(C)CCOC. The number of carbonyl (C=O) groups excluding carboxylic acids is 1. The zero-order valence-corrected chi connectivity index (χ0v) is 10.7. The second kappa shape index (κ2) is 7.07. The molecule has 0 spiro atoms. The Morgan fingerprint density at radius 1 is 1.35 bits per heavy atom. The summed E-state index contributed by atoms with van der Waals surface area (Å²) in [6, 6.07) is 7.39. The molecule has 1 aromatic rings. The first kappa shape index (κ1) is 13.7. The van der Waals surface area contributed by atoms with Crippen molar-refractivity contribution in [3.05, 3.63) is 29.8 Å². The van der Waals surface area contributed by atoms with Crippen LogP contribution in [0, 0.1) is 0 Å². The molecule has 0 saturated carbocycles. The summed E-state index contributed by atoms with van der Waals surface area (Å²) in [6.07, 6.45) is 1.35. The second-order valence-electron chi connectivity index (χ2n) is 3.98. The highest BCUT2D eigenvalue weighted by Gasteiger charge is 2.12. The molecule has 17 heavy (non-hydrogen) atoms. The van der Waals surface area contributed by atoms with E-state index >= 15 is 0 Å². The first-order valence-corrected chi connectivity index (χ1v) is 5.96. The molecule has 1 atom stereocenters. The fourth-order valence-electron chi connectivity index (χ4n) is 1.55. The fourth-order valence-corrected chi connectivity index (χ4v) is 1.55. The Morgan fingerprint density at radius 2 is 2.06 bits per heavy atom. The van der Waals surface area contributed by atoms with E-state index in [-0.39, 0.29) is 11.9 Å². The quantitative estimate of drug-likeness (QED) is 0.682. The summed E-state index contributed by atoms with van der Waals surface area (Å²) >= 11 is 0. The number of carbonyl (C=O) groups is 1. The molecule has 0 heterocycles. The van der Waals surface area contributed by atoms with Crippen molar-refractivity contribution in [1.82, 2.24) is 0 Å². The molecule has 94 valence electrons. The van der Waals surface area contributed by atoms with Crippen LogP contribution in [-0.2, 0) is 4.74 Å². The third-order valence-electron chi connectivity index (χ3n) is 2.57. The van der Waals surface area contributed by atoms with Crippen LogP contribution in [0.2, 0.25) is 0 Å². The summed E-state index contributed by atoms with van der Waals surface area (Å²) < 4.78 is 10.8. The van der Waals surface area contributed by atoms with Gasteiger partial charge in [-0.25, -0.2) is 0 Å². The Labute approximate surface area is 103 Å². The molecule has 0 aliphatic carbocycles. The van der Waals surface area contributed by atoms with Crippen LogP contribution < -0.4 is 4.74 Å². The minimum Gasteiger partial charge on any atom is -0.490 e. The van der Waals surface area contributed by atoms with Gasteiger partial charge in [0.25, 0.3) is 0 Å². The van der Waals surface area contributed by atoms with Crippen LogP contribution in [-0.4, -0.2) is 25.6 Å². The Balaban J connectivity index is 2.73. The monoisotopic (exact) mass is 236 g/mol. The van der Waals surface area contributed by atoms with Crippen molar-refractivity contribution >= 4 is 5.78 Å². The summed E-state index contributed by atoms with van der Waals surface area (Å²) in [5.41, 5.74) is 0.666. The molecule has 0 fully saturated rings. The minimum atomic E-state index is 0.0424. The van der Waals surface area contributed by atoms with Gasteiger partial charge in [0.1, 0.15) is 5.75 Å². The molecule has 1 unspecified atom stereocenters. The molecular weight excluding hydrogens is 216 g/mol. The van der Waals surface area contributed by atoms with E-state index in [1.807, 2.05) is 38.1 Å². The molecular formula is C14H20O3. The van der Waals surface area contributed by atoms with Crippen LogP contribution in [0.1, 0.15) is 37.0 Å². The van der Waals surface area contributed by atoms with Crippen LogP contribution in [0.25, 0.3) is 0 Å². The van der Waals surface area contributed by atoms with Crippen molar-refractivity contribution in [3.63, 3.8) is 0 Å². The van der Waals surface area contributed by atoms with Crippen molar-refractivity contribution in [2.24, 2.45) is 0 Å². The smallest absolute Gasteiger partial charge is 0.166 e. The van der Waals surface area contributed by atoms with E-state index in [1.165, 1.54) is 0 Å². The highest BCUT2D eigenvalue weighted by molar-refractivity contribution is 5.98. The third-order valence-corrected chi connectivity index (χ3v) is 2.57. The number of rotatable bonds is 7. The lowest BCUT2D eigenvalue weighted by Gasteiger charge is -2.16. The molecule has 1 rings (SSSR count). The molecule has 0 radical (unpaired) electrons. The van der Waals surface area contributed by atoms with Crippen LogP contribution in [0.5, 0.6) is 5.75 Å². The first-order valence-electron chi connectivity index (χ1n) is 5.96. The molecule has 0 aliphatic rings. The molecule has 3 nitrogen and oxygen atoms in total.